The molecule has 0 bridgehead atoms. The molecule has 98 valence electrons. The average molecular weight is 248 g/mol. The molecule has 5 heteroatoms. The third kappa shape index (κ3) is 2.61. The molecule has 2 aromatic rings. The summed E-state index contributed by atoms with van der Waals surface area (Å²) in [4.78, 5) is 12.1. The fourth-order valence-electron chi connectivity index (χ4n) is 2.10. The number of fused-ring (bicyclic) bond motifs is 1. The minimum Gasteiger partial charge on any atom is -0.312 e. The number of hydrogen-bond acceptors (Lipinski definition) is 3. The van der Waals surface area contributed by atoms with Gasteiger partial charge in [-0.05, 0) is 18.9 Å². The van der Waals surface area contributed by atoms with Crippen LogP contribution in [0, 0.1) is 0 Å². The summed E-state index contributed by atoms with van der Waals surface area (Å²) in [5, 5.41) is 7.50. The zero-order valence-corrected chi connectivity index (χ0v) is 11.0. The van der Waals surface area contributed by atoms with Gasteiger partial charge in [0.1, 0.15) is 5.52 Å². The quantitative estimate of drug-likeness (QED) is 0.837. The van der Waals surface area contributed by atoms with Crippen molar-refractivity contribution < 1.29 is 0 Å². The minimum atomic E-state index is 0.0151. The highest BCUT2D eigenvalue weighted by Crippen LogP contribution is 1.96. The lowest BCUT2D eigenvalue weighted by Gasteiger charge is -2.15. The highest BCUT2D eigenvalue weighted by atomic mass is 16.1. The Labute approximate surface area is 106 Å². The van der Waals surface area contributed by atoms with Crippen molar-refractivity contribution in [2.45, 2.75) is 39.3 Å². The van der Waals surface area contributed by atoms with Crippen LogP contribution in [-0.4, -0.2) is 26.8 Å². The molecule has 0 unspecified atom stereocenters. The molecule has 1 N–H and O–H groups in total. The molecule has 2 rings (SSSR count). The third-order valence-electron chi connectivity index (χ3n) is 3.31. The van der Waals surface area contributed by atoms with Gasteiger partial charge in [0, 0.05) is 31.5 Å². The van der Waals surface area contributed by atoms with Crippen LogP contribution in [0.1, 0.15) is 26.7 Å². The number of nitrogens with zero attached hydrogens (tertiary/aromatic N) is 3. The van der Waals surface area contributed by atoms with E-state index in [1.54, 1.807) is 27.5 Å². The van der Waals surface area contributed by atoms with Gasteiger partial charge >= 0.3 is 0 Å². The van der Waals surface area contributed by atoms with Gasteiger partial charge in [0.15, 0.2) is 0 Å². The van der Waals surface area contributed by atoms with E-state index in [4.69, 9.17) is 0 Å². The van der Waals surface area contributed by atoms with Gasteiger partial charge in [0.2, 0.25) is 0 Å². The Morgan fingerprint density at radius 2 is 2.11 bits per heavy atom. The molecule has 0 amide bonds. The summed E-state index contributed by atoms with van der Waals surface area (Å²) >= 11 is 0. The summed E-state index contributed by atoms with van der Waals surface area (Å²) in [7, 11) is 0. The molecule has 2 aromatic heterocycles. The van der Waals surface area contributed by atoms with Crippen LogP contribution in [0.4, 0.5) is 0 Å². The smallest absolute Gasteiger partial charge is 0.276 e. The second-order valence-corrected chi connectivity index (χ2v) is 4.43. The van der Waals surface area contributed by atoms with Crippen LogP contribution in [0.15, 0.2) is 29.5 Å². The molecule has 5 nitrogen and oxygen atoms in total. The predicted octanol–water partition coefficient (Wildman–Crippen LogP) is 1.27. The van der Waals surface area contributed by atoms with Gasteiger partial charge in [0.05, 0.1) is 6.20 Å². The molecule has 0 aromatic carbocycles. The first-order valence-corrected chi connectivity index (χ1v) is 6.52. The van der Waals surface area contributed by atoms with E-state index in [1.807, 2.05) is 6.20 Å². The first-order valence-electron chi connectivity index (χ1n) is 6.52. The zero-order valence-electron chi connectivity index (χ0n) is 11.0. The maximum Gasteiger partial charge on any atom is 0.276 e. The highest BCUT2D eigenvalue weighted by molar-refractivity contribution is 5.42. The van der Waals surface area contributed by atoms with Crippen molar-refractivity contribution in [1.29, 1.82) is 0 Å². The average Bonchev–Trinajstić information content (AvgIpc) is 2.86. The van der Waals surface area contributed by atoms with Gasteiger partial charge in [-0.25, -0.2) is 4.52 Å². The second-order valence-electron chi connectivity index (χ2n) is 4.43. The molecular weight excluding hydrogens is 228 g/mol. The van der Waals surface area contributed by atoms with Crippen LogP contribution >= 0.6 is 0 Å². The lowest BCUT2D eigenvalue weighted by molar-refractivity contribution is 0.462. The number of aromatic nitrogens is 3. The van der Waals surface area contributed by atoms with Crippen LogP contribution in [0.5, 0.6) is 0 Å². The monoisotopic (exact) mass is 248 g/mol. The molecular formula is C13H20N4O. The molecule has 0 saturated heterocycles. The van der Waals surface area contributed by atoms with Crippen LogP contribution in [-0.2, 0) is 6.54 Å². The SMILES string of the molecule is CCC(CC)NCCn1ccn2nccc2c1=O. The van der Waals surface area contributed by atoms with Crippen molar-refractivity contribution >= 4 is 5.52 Å². The Morgan fingerprint density at radius 1 is 1.33 bits per heavy atom. The van der Waals surface area contributed by atoms with E-state index in [1.165, 1.54) is 0 Å². The van der Waals surface area contributed by atoms with E-state index < -0.39 is 0 Å². The topological polar surface area (TPSA) is 51.3 Å². The molecule has 0 fully saturated rings. The van der Waals surface area contributed by atoms with E-state index >= 15 is 0 Å². The molecule has 0 aliphatic heterocycles. The van der Waals surface area contributed by atoms with Crippen molar-refractivity contribution in [3.05, 3.63) is 35.0 Å². The molecule has 2 heterocycles. The summed E-state index contributed by atoms with van der Waals surface area (Å²) in [5.41, 5.74) is 0.640. The molecule has 0 aliphatic rings. The maximum atomic E-state index is 12.1. The minimum absolute atomic E-state index is 0.0151. The second kappa shape index (κ2) is 5.82. The fraction of sp³-hybridized carbons (Fsp3) is 0.538. The van der Waals surface area contributed by atoms with Crippen LogP contribution in [0.2, 0.25) is 0 Å². The first kappa shape index (κ1) is 12.8. The molecule has 0 saturated carbocycles. The number of rotatable bonds is 6. The largest absolute Gasteiger partial charge is 0.312 e. The van der Waals surface area contributed by atoms with Crippen molar-refractivity contribution in [1.82, 2.24) is 19.5 Å². The summed E-state index contributed by atoms with van der Waals surface area (Å²) in [6, 6.07) is 2.28. The zero-order chi connectivity index (χ0) is 13.0. The van der Waals surface area contributed by atoms with Crippen molar-refractivity contribution in [3.8, 4) is 0 Å². The molecule has 0 aliphatic carbocycles. The third-order valence-corrected chi connectivity index (χ3v) is 3.31. The van der Waals surface area contributed by atoms with Gasteiger partial charge in [0.25, 0.3) is 5.56 Å². The Bertz CT molecular complexity index is 553. The summed E-state index contributed by atoms with van der Waals surface area (Å²) < 4.78 is 3.33. The van der Waals surface area contributed by atoms with Gasteiger partial charge in [-0.15, -0.1) is 0 Å². The Balaban J connectivity index is 2.03. The van der Waals surface area contributed by atoms with Crippen molar-refractivity contribution in [2.24, 2.45) is 0 Å². The standard InChI is InChI=1S/C13H20N4O/c1-3-11(4-2)14-7-8-16-9-10-17-12(13(16)18)5-6-15-17/h5-6,9-11,14H,3-4,7-8H2,1-2H3. The van der Waals surface area contributed by atoms with E-state index in [9.17, 15) is 4.79 Å². The van der Waals surface area contributed by atoms with Gasteiger partial charge in [-0.1, -0.05) is 13.8 Å². The summed E-state index contributed by atoms with van der Waals surface area (Å²) in [5.74, 6) is 0. The summed E-state index contributed by atoms with van der Waals surface area (Å²) in [6.45, 7) is 5.85. The Kier molecular flexibility index (Phi) is 4.15. The number of nitrogens with one attached hydrogen (secondary N) is 1. The van der Waals surface area contributed by atoms with Crippen LogP contribution in [0.25, 0.3) is 5.52 Å². The van der Waals surface area contributed by atoms with Crippen LogP contribution in [0.3, 0.4) is 0 Å². The van der Waals surface area contributed by atoms with Gasteiger partial charge in [-0.2, -0.15) is 5.10 Å². The maximum absolute atomic E-state index is 12.1. The fourth-order valence-corrected chi connectivity index (χ4v) is 2.10. The highest BCUT2D eigenvalue weighted by Gasteiger charge is 2.04. The van der Waals surface area contributed by atoms with Gasteiger partial charge < -0.3 is 9.88 Å². The van der Waals surface area contributed by atoms with Crippen LogP contribution < -0.4 is 10.9 Å². The Morgan fingerprint density at radius 3 is 2.83 bits per heavy atom. The molecule has 0 spiro atoms. The summed E-state index contributed by atoms with van der Waals surface area (Å²) in [6.07, 6.45) is 7.48. The lowest BCUT2D eigenvalue weighted by Crippen LogP contribution is -2.33. The molecule has 0 radical (unpaired) electrons. The van der Waals surface area contributed by atoms with E-state index in [-0.39, 0.29) is 5.56 Å². The van der Waals surface area contributed by atoms with Gasteiger partial charge in [-0.3, -0.25) is 4.79 Å². The van der Waals surface area contributed by atoms with E-state index in [0.29, 0.717) is 18.1 Å². The lowest BCUT2D eigenvalue weighted by atomic mass is 10.2. The van der Waals surface area contributed by atoms with E-state index in [0.717, 1.165) is 19.4 Å². The van der Waals surface area contributed by atoms with Crippen molar-refractivity contribution in [3.63, 3.8) is 0 Å². The first-order chi connectivity index (χ1) is 8.76. The molecule has 18 heavy (non-hydrogen) atoms. The Hall–Kier alpha value is -1.62. The normalized spacial score (nSPS) is 11.5. The predicted molar refractivity (Wildman–Crippen MR) is 71.8 cm³/mol. The number of hydrogen-bond donors (Lipinski definition) is 1. The van der Waals surface area contributed by atoms with E-state index in [2.05, 4.69) is 24.3 Å². The van der Waals surface area contributed by atoms with Crippen molar-refractivity contribution in [2.75, 3.05) is 6.54 Å². The molecule has 0 atom stereocenters.